The van der Waals surface area contributed by atoms with E-state index in [4.69, 9.17) is 4.74 Å². The van der Waals surface area contributed by atoms with Gasteiger partial charge in [-0.15, -0.1) is 0 Å². The highest BCUT2D eigenvalue weighted by Crippen LogP contribution is 2.28. The predicted molar refractivity (Wildman–Crippen MR) is 100 cm³/mol. The van der Waals surface area contributed by atoms with Crippen molar-refractivity contribution >= 4 is 16.6 Å². The van der Waals surface area contributed by atoms with Crippen molar-refractivity contribution in [1.82, 2.24) is 14.8 Å². The molecule has 1 fully saturated rings. The van der Waals surface area contributed by atoms with Crippen LogP contribution in [0.15, 0.2) is 36.4 Å². The molecule has 3 aromatic rings. The van der Waals surface area contributed by atoms with Crippen LogP contribution in [-0.2, 0) is 11.3 Å². The van der Waals surface area contributed by atoms with E-state index in [-0.39, 0.29) is 6.10 Å². The molecular weight excluding hydrogens is 312 g/mol. The second-order valence-electron chi connectivity index (χ2n) is 6.85. The fourth-order valence-electron chi connectivity index (χ4n) is 3.65. The van der Waals surface area contributed by atoms with Crippen molar-refractivity contribution < 1.29 is 4.74 Å². The summed E-state index contributed by atoms with van der Waals surface area (Å²) in [5, 5.41) is 5.78. The van der Waals surface area contributed by atoms with E-state index in [1.807, 2.05) is 13.0 Å². The molecule has 0 spiro atoms. The number of anilines is 1. The number of morpholine rings is 1. The number of aryl methyl sites for hydroxylation is 3. The maximum atomic E-state index is 6.02. The van der Waals surface area contributed by atoms with Crippen LogP contribution in [0.1, 0.15) is 17.1 Å². The second-order valence-corrected chi connectivity index (χ2v) is 6.85. The lowest BCUT2D eigenvalue weighted by Crippen LogP contribution is -2.44. The molecule has 1 aliphatic rings. The van der Waals surface area contributed by atoms with Crippen LogP contribution in [0, 0.1) is 20.8 Å². The fraction of sp³-hybridized carbons (Fsp3) is 0.400. The van der Waals surface area contributed by atoms with Crippen LogP contribution in [0.2, 0.25) is 0 Å². The predicted octanol–water partition coefficient (Wildman–Crippen LogP) is 3.26. The van der Waals surface area contributed by atoms with Gasteiger partial charge in [0.15, 0.2) is 0 Å². The quantitative estimate of drug-likeness (QED) is 0.736. The topological polar surface area (TPSA) is 43.2 Å². The number of fused-ring (bicyclic) bond motifs is 1. The zero-order chi connectivity index (χ0) is 17.4. The molecule has 5 heteroatoms. The van der Waals surface area contributed by atoms with Crippen LogP contribution in [0.5, 0.6) is 0 Å². The van der Waals surface area contributed by atoms with Crippen molar-refractivity contribution in [2.24, 2.45) is 0 Å². The van der Waals surface area contributed by atoms with Crippen LogP contribution in [0.4, 0.5) is 5.69 Å². The molecule has 0 saturated carbocycles. The van der Waals surface area contributed by atoms with Crippen LogP contribution in [-0.4, -0.2) is 40.6 Å². The van der Waals surface area contributed by atoms with Gasteiger partial charge in [-0.2, -0.15) is 5.10 Å². The molecule has 0 amide bonds. The van der Waals surface area contributed by atoms with Crippen molar-refractivity contribution in [2.45, 2.75) is 33.4 Å². The highest BCUT2D eigenvalue weighted by atomic mass is 16.5. The summed E-state index contributed by atoms with van der Waals surface area (Å²) in [4.78, 5) is 7.09. The number of hydrogen-bond donors (Lipinski definition) is 0. The lowest BCUT2D eigenvalue weighted by atomic mass is 10.1. The van der Waals surface area contributed by atoms with E-state index >= 15 is 0 Å². The minimum absolute atomic E-state index is 0.138. The molecule has 4 rings (SSSR count). The number of aromatic nitrogens is 3. The van der Waals surface area contributed by atoms with Gasteiger partial charge in [0, 0.05) is 35.6 Å². The van der Waals surface area contributed by atoms with Gasteiger partial charge in [0.25, 0.3) is 0 Å². The highest BCUT2D eigenvalue weighted by molar-refractivity contribution is 5.92. The molecule has 0 aliphatic carbocycles. The van der Waals surface area contributed by atoms with E-state index in [2.05, 4.69) is 63.8 Å². The molecule has 1 aromatic carbocycles. The number of pyridine rings is 1. The average molecular weight is 336 g/mol. The summed E-state index contributed by atoms with van der Waals surface area (Å²) in [5.74, 6) is 0. The van der Waals surface area contributed by atoms with E-state index < -0.39 is 0 Å². The molecule has 0 bridgehead atoms. The number of rotatable bonds is 3. The van der Waals surface area contributed by atoms with Gasteiger partial charge >= 0.3 is 0 Å². The molecule has 130 valence electrons. The van der Waals surface area contributed by atoms with Gasteiger partial charge in [0.1, 0.15) is 0 Å². The summed E-state index contributed by atoms with van der Waals surface area (Å²) in [6, 6.07) is 12.7. The minimum atomic E-state index is 0.138. The lowest BCUT2D eigenvalue weighted by molar-refractivity contribution is 0.0271. The van der Waals surface area contributed by atoms with Crippen LogP contribution in [0.25, 0.3) is 10.9 Å². The standard InChI is InChI=1S/C20H24N4O/c1-14-11-20(18-6-4-5-7-19(18)21-14)23-8-9-25-17(12-23)13-24-16(3)10-15(2)22-24/h4-7,10-11,17H,8-9,12-13H2,1-3H3. The minimum Gasteiger partial charge on any atom is -0.373 e. The van der Waals surface area contributed by atoms with Crippen molar-refractivity contribution in [3.8, 4) is 0 Å². The van der Waals surface area contributed by atoms with Crippen LogP contribution in [0.3, 0.4) is 0 Å². The lowest BCUT2D eigenvalue weighted by Gasteiger charge is -2.35. The van der Waals surface area contributed by atoms with E-state index in [1.54, 1.807) is 0 Å². The van der Waals surface area contributed by atoms with Crippen molar-refractivity contribution in [3.63, 3.8) is 0 Å². The Kier molecular flexibility index (Phi) is 4.17. The summed E-state index contributed by atoms with van der Waals surface area (Å²) in [7, 11) is 0. The third kappa shape index (κ3) is 3.24. The third-order valence-electron chi connectivity index (χ3n) is 4.78. The molecule has 0 N–H and O–H groups in total. The molecule has 3 heterocycles. The van der Waals surface area contributed by atoms with Gasteiger partial charge in [0.2, 0.25) is 0 Å². The van der Waals surface area contributed by atoms with Crippen LogP contribution >= 0.6 is 0 Å². The Morgan fingerprint density at radius 1 is 1.12 bits per heavy atom. The molecule has 5 nitrogen and oxygen atoms in total. The monoisotopic (exact) mass is 336 g/mol. The van der Waals surface area contributed by atoms with Crippen LogP contribution < -0.4 is 4.90 Å². The number of benzene rings is 1. The Balaban J connectivity index is 1.60. The van der Waals surface area contributed by atoms with E-state index in [9.17, 15) is 0 Å². The summed E-state index contributed by atoms with van der Waals surface area (Å²) in [6.07, 6.45) is 0.138. The highest BCUT2D eigenvalue weighted by Gasteiger charge is 2.23. The van der Waals surface area contributed by atoms with Gasteiger partial charge in [0.05, 0.1) is 30.5 Å². The van der Waals surface area contributed by atoms with Crippen molar-refractivity contribution in [1.29, 1.82) is 0 Å². The normalized spacial score (nSPS) is 18.0. The number of para-hydroxylation sites is 1. The summed E-state index contributed by atoms with van der Waals surface area (Å²) >= 11 is 0. The van der Waals surface area contributed by atoms with E-state index in [0.717, 1.165) is 43.1 Å². The number of nitrogens with zero attached hydrogens (tertiary/aromatic N) is 4. The third-order valence-corrected chi connectivity index (χ3v) is 4.78. The van der Waals surface area contributed by atoms with E-state index in [1.165, 1.54) is 16.8 Å². The molecular formula is C20H24N4O. The largest absolute Gasteiger partial charge is 0.373 e. The maximum Gasteiger partial charge on any atom is 0.0946 e. The molecule has 2 aromatic heterocycles. The Labute approximate surface area is 148 Å². The first-order chi connectivity index (χ1) is 12.1. The molecule has 1 aliphatic heterocycles. The van der Waals surface area contributed by atoms with Gasteiger partial charge < -0.3 is 9.64 Å². The van der Waals surface area contributed by atoms with Crippen molar-refractivity contribution in [3.05, 3.63) is 53.5 Å². The van der Waals surface area contributed by atoms with Crippen molar-refractivity contribution in [2.75, 3.05) is 24.6 Å². The Hall–Kier alpha value is -2.40. The Morgan fingerprint density at radius 2 is 1.96 bits per heavy atom. The zero-order valence-electron chi connectivity index (χ0n) is 15.1. The van der Waals surface area contributed by atoms with Gasteiger partial charge in [-0.3, -0.25) is 9.67 Å². The number of hydrogen-bond acceptors (Lipinski definition) is 4. The first kappa shape index (κ1) is 16.1. The molecule has 25 heavy (non-hydrogen) atoms. The smallest absolute Gasteiger partial charge is 0.0946 e. The Morgan fingerprint density at radius 3 is 2.76 bits per heavy atom. The summed E-state index contributed by atoms with van der Waals surface area (Å²) < 4.78 is 8.08. The summed E-state index contributed by atoms with van der Waals surface area (Å²) in [5.41, 5.74) is 5.60. The molecule has 1 atom stereocenters. The SMILES string of the molecule is Cc1cc(N2CCOC(Cn3nc(C)cc3C)C2)c2ccccc2n1. The summed E-state index contributed by atoms with van der Waals surface area (Å²) in [6.45, 7) is 9.48. The molecule has 1 saturated heterocycles. The number of ether oxygens (including phenoxy) is 1. The average Bonchev–Trinajstić information content (AvgIpc) is 2.91. The zero-order valence-corrected chi connectivity index (χ0v) is 15.1. The second kappa shape index (κ2) is 6.48. The molecule has 1 unspecified atom stereocenters. The Bertz CT molecular complexity index is 902. The van der Waals surface area contributed by atoms with Gasteiger partial charge in [-0.1, -0.05) is 18.2 Å². The maximum absolute atomic E-state index is 6.02. The van der Waals surface area contributed by atoms with E-state index in [0.29, 0.717) is 0 Å². The fourth-order valence-corrected chi connectivity index (χ4v) is 3.65. The van der Waals surface area contributed by atoms with Gasteiger partial charge in [-0.05, 0) is 39.0 Å². The van der Waals surface area contributed by atoms with Gasteiger partial charge in [-0.25, -0.2) is 0 Å². The molecule has 0 radical (unpaired) electrons. The first-order valence-electron chi connectivity index (χ1n) is 8.84. The first-order valence-corrected chi connectivity index (χ1v) is 8.84.